The van der Waals surface area contributed by atoms with Gasteiger partial charge in [-0.15, -0.1) is 0 Å². The van der Waals surface area contributed by atoms with Gasteiger partial charge in [0.1, 0.15) is 17.6 Å². The Hall–Kier alpha value is -2.73. The van der Waals surface area contributed by atoms with Crippen molar-refractivity contribution < 1.29 is 9.90 Å². The zero-order chi connectivity index (χ0) is 17.4. The molecule has 1 aromatic carbocycles. The van der Waals surface area contributed by atoms with E-state index < -0.39 is 11.4 Å². The number of nitrogens with zero attached hydrogens (tertiary/aromatic N) is 3. The molecule has 2 heterocycles. The molecule has 4 rings (SSSR count). The fourth-order valence-electron chi connectivity index (χ4n) is 3.62. The van der Waals surface area contributed by atoms with Crippen molar-refractivity contribution in [3.63, 3.8) is 0 Å². The van der Waals surface area contributed by atoms with E-state index in [9.17, 15) is 9.90 Å². The van der Waals surface area contributed by atoms with Crippen LogP contribution < -0.4 is 5.73 Å². The van der Waals surface area contributed by atoms with Gasteiger partial charge in [0.2, 0.25) is 0 Å². The average molecular weight is 336 g/mol. The molecule has 25 heavy (non-hydrogen) atoms. The number of aromatic nitrogens is 3. The Bertz CT molecular complexity index is 936. The fourth-order valence-corrected chi connectivity index (χ4v) is 3.62. The Labute approximate surface area is 145 Å². The van der Waals surface area contributed by atoms with Gasteiger partial charge in [0.25, 0.3) is 0 Å². The number of carboxylic acids is 1. The molecule has 1 aliphatic carbocycles. The molecule has 6 nitrogen and oxygen atoms in total. The third kappa shape index (κ3) is 2.59. The summed E-state index contributed by atoms with van der Waals surface area (Å²) in [5.41, 5.74) is 5.30. The van der Waals surface area contributed by atoms with Crippen molar-refractivity contribution >= 4 is 16.7 Å². The van der Waals surface area contributed by atoms with E-state index in [4.69, 9.17) is 5.73 Å². The van der Waals surface area contributed by atoms with Crippen molar-refractivity contribution in [2.75, 3.05) is 6.54 Å². The lowest BCUT2D eigenvalue weighted by molar-refractivity contribution is -0.140. The highest BCUT2D eigenvalue weighted by molar-refractivity contribution is 5.85. The normalized spacial score (nSPS) is 22.2. The van der Waals surface area contributed by atoms with E-state index in [0.29, 0.717) is 18.7 Å². The monoisotopic (exact) mass is 336 g/mol. The fraction of sp³-hybridized carbons (Fsp3) is 0.316. The lowest BCUT2D eigenvalue weighted by atomic mass is 9.98. The lowest BCUT2D eigenvalue weighted by Gasteiger charge is -2.09. The Kier molecular flexibility index (Phi) is 3.77. The van der Waals surface area contributed by atoms with Crippen LogP contribution in [0.5, 0.6) is 0 Å². The van der Waals surface area contributed by atoms with Gasteiger partial charge in [-0.2, -0.15) is 0 Å². The SMILES string of the molecule is NCCC[C@H]1CC1(C(=O)O)c1cn(-c2cc3ccccc3cn2)cn1. The first-order valence-electron chi connectivity index (χ1n) is 8.48. The zero-order valence-corrected chi connectivity index (χ0v) is 13.8. The molecule has 0 saturated heterocycles. The van der Waals surface area contributed by atoms with Gasteiger partial charge in [0.15, 0.2) is 0 Å². The maximum absolute atomic E-state index is 11.9. The van der Waals surface area contributed by atoms with Gasteiger partial charge in [0, 0.05) is 17.8 Å². The number of hydrogen-bond donors (Lipinski definition) is 2. The van der Waals surface area contributed by atoms with Crippen LogP contribution in [-0.4, -0.2) is 32.2 Å². The molecule has 1 unspecified atom stereocenters. The van der Waals surface area contributed by atoms with Crippen molar-refractivity contribution in [3.05, 3.63) is 54.7 Å². The van der Waals surface area contributed by atoms with Gasteiger partial charge in [-0.1, -0.05) is 24.3 Å². The van der Waals surface area contributed by atoms with Crippen LogP contribution >= 0.6 is 0 Å². The summed E-state index contributed by atoms with van der Waals surface area (Å²) in [7, 11) is 0. The van der Waals surface area contributed by atoms with Gasteiger partial charge < -0.3 is 10.8 Å². The molecule has 0 bridgehead atoms. The molecule has 2 atom stereocenters. The number of fused-ring (bicyclic) bond motifs is 1. The van der Waals surface area contributed by atoms with Crippen LogP contribution in [0.4, 0.5) is 0 Å². The number of carboxylic acid groups (broad SMARTS) is 1. The summed E-state index contributed by atoms with van der Waals surface area (Å²) in [6.45, 7) is 0.585. The predicted molar refractivity (Wildman–Crippen MR) is 94.6 cm³/mol. The first-order valence-corrected chi connectivity index (χ1v) is 8.48. The molecule has 128 valence electrons. The summed E-state index contributed by atoms with van der Waals surface area (Å²) in [4.78, 5) is 20.7. The van der Waals surface area contributed by atoms with Crippen molar-refractivity contribution in [1.29, 1.82) is 0 Å². The standard InChI is InChI=1S/C19H20N4O2/c20-7-3-6-15-9-19(15,18(24)25)16-11-23(12-22-16)17-8-13-4-1-2-5-14(13)10-21-17/h1-2,4-5,8,10-12,15H,3,6-7,9,20H2,(H,24,25)/t15-,19?/m0/s1. The average Bonchev–Trinajstić information content (AvgIpc) is 3.16. The number of benzene rings is 1. The minimum atomic E-state index is -0.864. The minimum absolute atomic E-state index is 0.112. The predicted octanol–water partition coefficient (Wildman–Crippen LogP) is 2.50. The van der Waals surface area contributed by atoms with E-state index in [0.717, 1.165) is 29.4 Å². The number of hydrogen-bond acceptors (Lipinski definition) is 4. The molecule has 1 fully saturated rings. The second kappa shape index (κ2) is 5.97. The molecule has 6 heteroatoms. The largest absolute Gasteiger partial charge is 0.481 e. The van der Waals surface area contributed by atoms with Crippen LogP contribution in [0.25, 0.3) is 16.6 Å². The second-order valence-electron chi connectivity index (χ2n) is 6.66. The van der Waals surface area contributed by atoms with Crippen molar-refractivity contribution in [2.24, 2.45) is 11.7 Å². The maximum atomic E-state index is 11.9. The van der Waals surface area contributed by atoms with E-state index in [1.807, 2.05) is 36.5 Å². The Balaban J connectivity index is 1.66. The van der Waals surface area contributed by atoms with E-state index in [-0.39, 0.29) is 5.92 Å². The van der Waals surface area contributed by atoms with Gasteiger partial charge in [0.05, 0.1) is 5.69 Å². The number of pyridine rings is 1. The van der Waals surface area contributed by atoms with Gasteiger partial charge in [-0.25, -0.2) is 9.97 Å². The summed E-state index contributed by atoms with van der Waals surface area (Å²) in [6, 6.07) is 9.98. The number of rotatable bonds is 6. The van der Waals surface area contributed by atoms with Gasteiger partial charge >= 0.3 is 5.97 Å². The molecule has 1 saturated carbocycles. The minimum Gasteiger partial charge on any atom is -0.481 e. The van der Waals surface area contributed by atoms with Crippen LogP contribution in [0.15, 0.2) is 49.1 Å². The number of carbonyl (C=O) groups is 1. The summed E-state index contributed by atoms with van der Waals surface area (Å²) in [6.07, 6.45) is 7.56. The van der Waals surface area contributed by atoms with E-state index >= 15 is 0 Å². The van der Waals surface area contributed by atoms with Crippen LogP contribution in [-0.2, 0) is 10.2 Å². The van der Waals surface area contributed by atoms with Crippen molar-refractivity contribution in [1.82, 2.24) is 14.5 Å². The maximum Gasteiger partial charge on any atom is 0.316 e. The topological polar surface area (TPSA) is 94.0 Å². The highest BCUT2D eigenvalue weighted by Crippen LogP contribution is 2.56. The van der Waals surface area contributed by atoms with Gasteiger partial charge in [-0.05, 0) is 43.2 Å². The molecular formula is C19H20N4O2. The number of nitrogens with two attached hydrogens (primary N) is 1. The molecule has 0 amide bonds. The van der Waals surface area contributed by atoms with Crippen LogP contribution in [0.3, 0.4) is 0 Å². The molecule has 0 aliphatic heterocycles. The molecule has 3 N–H and O–H groups in total. The quantitative estimate of drug-likeness (QED) is 0.721. The van der Waals surface area contributed by atoms with E-state index in [1.54, 1.807) is 17.1 Å². The second-order valence-corrected chi connectivity index (χ2v) is 6.66. The van der Waals surface area contributed by atoms with Crippen LogP contribution in [0, 0.1) is 5.92 Å². The highest BCUT2D eigenvalue weighted by Gasteiger charge is 2.62. The first-order chi connectivity index (χ1) is 12.1. The van der Waals surface area contributed by atoms with Gasteiger partial charge in [-0.3, -0.25) is 9.36 Å². The zero-order valence-electron chi connectivity index (χ0n) is 13.8. The number of imidazole rings is 1. The molecular weight excluding hydrogens is 316 g/mol. The molecule has 3 aromatic rings. The van der Waals surface area contributed by atoms with Crippen LogP contribution in [0.2, 0.25) is 0 Å². The van der Waals surface area contributed by atoms with Crippen molar-refractivity contribution in [3.8, 4) is 5.82 Å². The lowest BCUT2D eigenvalue weighted by Crippen LogP contribution is -2.23. The molecule has 1 aliphatic rings. The van der Waals surface area contributed by atoms with Crippen molar-refractivity contribution in [2.45, 2.75) is 24.7 Å². The molecule has 0 spiro atoms. The third-order valence-corrected chi connectivity index (χ3v) is 5.16. The molecule has 0 radical (unpaired) electrons. The number of aliphatic carboxylic acids is 1. The summed E-state index contributed by atoms with van der Waals surface area (Å²) in [5, 5.41) is 11.9. The first kappa shape index (κ1) is 15.8. The summed E-state index contributed by atoms with van der Waals surface area (Å²) < 4.78 is 1.80. The third-order valence-electron chi connectivity index (χ3n) is 5.16. The van der Waals surface area contributed by atoms with Crippen LogP contribution in [0.1, 0.15) is 25.0 Å². The van der Waals surface area contributed by atoms with E-state index in [1.165, 1.54) is 0 Å². The summed E-state index contributed by atoms with van der Waals surface area (Å²) >= 11 is 0. The summed E-state index contributed by atoms with van der Waals surface area (Å²) in [5.74, 6) is 0.0462. The Morgan fingerprint density at radius 2 is 2.12 bits per heavy atom. The molecule has 2 aromatic heterocycles. The Morgan fingerprint density at radius 1 is 1.32 bits per heavy atom. The van der Waals surface area contributed by atoms with E-state index in [2.05, 4.69) is 9.97 Å². The smallest absolute Gasteiger partial charge is 0.316 e. The highest BCUT2D eigenvalue weighted by atomic mass is 16.4. The Morgan fingerprint density at radius 3 is 2.88 bits per heavy atom.